The van der Waals surface area contributed by atoms with Gasteiger partial charge in [0.05, 0.1) is 21.1 Å². The number of aromatic nitrogens is 2. The number of carbonyl (C=O) groups excluding carboxylic acids is 2. The highest BCUT2D eigenvalue weighted by atomic mass is 79.9. The number of carbonyl (C=O) groups is 2. The van der Waals surface area contributed by atoms with Gasteiger partial charge in [-0.25, -0.2) is 14.4 Å². The first-order valence-corrected chi connectivity index (χ1v) is 15.0. The highest BCUT2D eigenvalue weighted by Gasteiger charge is 2.44. The minimum atomic E-state index is -0.520. The van der Waals surface area contributed by atoms with Gasteiger partial charge in [-0.15, -0.1) is 11.3 Å². The zero-order valence-corrected chi connectivity index (χ0v) is 25.7. The van der Waals surface area contributed by atoms with Gasteiger partial charge in [0.25, 0.3) is 0 Å². The number of hydrogen-bond acceptors (Lipinski definition) is 9. The smallest absolute Gasteiger partial charge is 0.223 e. The van der Waals surface area contributed by atoms with Crippen LogP contribution in [0, 0.1) is 5.82 Å². The Bertz CT molecular complexity index is 1330. The molecule has 0 radical (unpaired) electrons. The number of anilines is 1. The van der Waals surface area contributed by atoms with Gasteiger partial charge in [0.2, 0.25) is 11.7 Å². The standard InChI is InChI=1S/C29H36BrFN6O2S/c1-18(2)32-10-9-20-14-25(40-24(20)13-19-5-7-21(31)8-6-19)26-22(30)15-34-28(36-26)33-11-12-37-17-35-27(23(39)16-38)29(37,3)4/h5-8,14-16,18,27,32,35H,9-13,17H2,1-4H3,(H,33,34,36). The van der Waals surface area contributed by atoms with Crippen molar-refractivity contribution in [2.75, 3.05) is 31.6 Å². The van der Waals surface area contributed by atoms with Crippen LogP contribution < -0.4 is 16.0 Å². The summed E-state index contributed by atoms with van der Waals surface area (Å²) in [5.74, 6) is -0.156. The number of halogens is 2. The Morgan fingerprint density at radius 3 is 2.75 bits per heavy atom. The van der Waals surface area contributed by atoms with E-state index in [1.807, 2.05) is 26.0 Å². The molecule has 1 aromatic carbocycles. The molecular formula is C29H36BrFN6O2S. The first kappa shape index (κ1) is 30.4. The number of benzene rings is 1. The molecule has 4 rings (SSSR count). The molecule has 1 aliphatic heterocycles. The van der Waals surface area contributed by atoms with E-state index >= 15 is 0 Å². The van der Waals surface area contributed by atoms with Gasteiger partial charge in [0.15, 0.2) is 6.29 Å². The van der Waals surface area contributed by atoms with Gasteiger partial charge >= 0.3 is 0 Å². The van der Waals surface area contributed by atoms with Crippen molar-refractivity contribution in [3.05, 3.63) is 62.8 Å². The molecule has 3 aromatic rings. The van der Waals surface area contributed by atoms with Crippen LogP contribution in [0.1, 0.15) is 43.7 Å². The number of Topliss-reactive ketones (excluding diaryl/α,β-unsaturated/α-hetero) is 1. The Morgan fingerprint density at radius 2 is 2.05 bits per heavy atom. The van der Waals surface area contributed by atoms with Gasteiger partial charge in [0, 0.05) is 48.8 Å². The maximum atomic E-state index is 13.5. The Balaban J connectivity index is 1.49. The molecule has 1 fully saturated rings. The van der Waals surface area contributed by atoms with Gasteiger partial charge in [-0.3, -0.25) is 19.8 Å². The predicted octanol–water partition coefficient (Wildman–Crippen LogP) is 4.43. The number of thiophene rings is 1. The maximum absolute atomic E-state index is 13.5. The lowest BCUT2D eigenvalue weighted by Crippen LogP contribution is -2.51. The third-order valence-corrected chi connectivity index (χ3v) is 8.94. The minimum absolute atomic E-state index is 0.235. The van der Waals surface area contributed by atoms with Crippen molar-refractivity contribution in [3.8, 4) is 10.6 Å². The molecule has 1 saturated heterocycles. The van der Waals surface area contributed by atoms with E-state index in [2.05, 4.69) is 61.7 Å². The fourth-order valence-electron chi connectivity index (χ4n) is 4.88. The Hall–Kier alpha value is -2.57. The Kier molecular flexibility index (Phi) is 10.2. The highest BCUT2D eigenvalue weighted by Crippen LogP contribution is 2.36. The van der Waals surface area contributed by atoms with Crippen LogP contribution in [0.5, 0.6) is 0 Å². The summed E-state index contributed by atoms with van der Waals surface area (Å²) in [5, 5.41) is 9.94. The van der Waals surface area contributed by atoms with Crippen LogP contribution in [0.15, 0.2) is 41.0 Å². The van der Waals surface area contributed by atoms with Crippen LogP contribution in [-0.4, -0.2) is 70.9 Å². The minimum Gasteiger partial charge on any atom is -0.353 e. The normalized spacial score (nSPS) is 16.9. The van der Waals surface area contributed by atoms with Crippen LogP contribution >= 0.6 is 27.3 Å². The zero-order valence-electron chi connectivity index (χ0n) is 23.3. The average molecular weight is 632 g/mol. The van der Waals surface area contributed by atoms with Crippen LogP contribution in [0.3, 0.4) is 0 Å². The molecule has 40 heavy (non-hydrogen) atoms. The first-order chi connectivity index (χ1) is 19.1. The molecule has 3 heterocycles. The third kappa shape index (κ3) is 7.38. The molecule has 1 aliphatic rings. The number of rotatable bonds is 13. The van der Waals surface area contributed by atoms with Crippen LogP contribution in [0.25, 0.3) is 10.6 Å². The van der Waals surface area contributed by atoms with E-state index in [0.29, 0.717) is 38.0 Å². The number of aldehydes is 1. The van der Waals surface area contributed by atoms with Crippen LogP contribution in [-0.2, 0) is 22.4 Å². The molecule has 2 aromatic heterocycles. The molecule has 1 unspecified atom stereocenters. The van der Waals surface area contributed by atoms with Crippen molar-refractivity contribution in [1.29, 1.82) is 0 Å². The predicted molar refractivity (Wildman–Crippen MR) is 161 cm³/mol. The average Bonchev–Trinajstić information content (AvgIpc) is 3.45. The largest absolute Gasteiger partial charge is 0.353 e. The van der Waals surface area contributed by atoms with E-state index in [9.17, 15) is 14.0 Å². The van der Waals surface area contributed by atoms with E-state index in [-0.39, 0.29) is 5.82 Å². The van der Waals surface area contributed by atoms with Crippen molar-refractivity contribution in [1.82, 2.24) is 25.5 Å². The van der Waals surface area contributed by atoms with Crippen molar-refractivity contribution in [2.24, 2.45) is 0 Å². The van der Waals surface area contributed by atoms with Gasteiger partial charge in [-0.05, 0) is 72.1 Å². The monoisotopic (exact) mass is 630 g/mol. The van der Waals surface area contributed by atoms with Crippen LogP contribution in [0.2, 0.25) is 0 Å². The van der Waals surface area contributed by atoms with Crippen LogP contribution in [0.4, 0.5) is 10.3 Å². The topological polar surface area (TPSA) is 99.3 Å². The lowest BCUT2D eigenvalue weighted by molar-refractivity contribution is -0.132. The summed E-state index contributed by atoms with van der Waals surface area (Å²) in [6.45, 7) is 10.8. The van der Waals surface area contributed by atoms with Crippen molar-refractivity contribution in [3.63, 3.8) is 0 Å². The highest BCUT2D eigenvalue weighted by molar-refractivity contribution is 9.10. The van der Waals surface area contributed by atoms with E-state index in [4.69, 9.17) is 4.98 Å². The number of ketones is 1. The second kappa shape index (κ2) is 13.4. The summed E-state index contributed by atoms with van der Waals surface area (Å²) in [6.07, 6.45) is 3.75. The van der Waals surface area contributed by atoms with Gasteiger partial charge in [-0.2, -0.15) is 0 Å². The van der Waals surface area contributed by atoms with E-state index in [1.54, 1.807) is 17.5 Å². The fraction of sp³-hybridized carbons (Fsp3) is 0.448. The third-order valence-electron chi connectivity index (χ3n) is 7.17. The Labute approximate surface area is 247 Å². The molecule has 0 amide bonds. The molecule has 0 saturated carbocycles. The number of nitrogens with one attached hydrogen (secondary N) is 3. The summed E-state index contributed by atoms with van der Waals surface area (Å²) >= 11 is 5.33. The SMILES string of the molecule is CC(C)NCCc1cc(-c2nc(NCCN3CNC(C(=O)C=O)C3(C)C)ncc2Br)sc1Cc1ccc(F)cc1. The number of hydrogen-bond donors (Lipinski definition) is 3. The lowest BCUT2D eigenvalue weighted by Gasteiger charge is -2.33. The molecule has 8 nitrogen and oxygen atoms in total. The molecular weight excluding hydrogens is 595 g/mol. The summed E-state index contributed by atoms with van der Waals surface area (Å²) in [6, 6.07) is 8.76. The van der Waals surface area contributed by atoms with Gasteiger partial charge in [-0.1, -0.05) is 26.0 Å². The van der Waals surface area contributed by atoms with E-state index in [1.165, 1.54) is 22.6 Å². The van der Waals surface area contributed by atoms with Crippen molar-refractivity contribution < 1.29 is 14.0 Å². The molecule has 0 spiro atoms. The molecule has 3 N–H and O–H groups in total. The maximum Gasteiger partial charge on any atom is 0.223 e. The quantitative estimate of drug-likeness (QED) is 0.188. The first-order valence-electron chi connectivity index (χ1n) is 13.4. The molecule has 0 bridgehead atoms. The fourth-order valence-corrected chi connectivity index (χ4v) is 6.66. The van der Waals surface area contributed by atoms with E-state index < -0.39 is 17.4 Å². The summed E-state index contributed by atoms with van der Waals surface area (Å²) in [7, 11) is 0. The van der Waals surface area contributed by atoms with Crippen molar-refractivity contribution in [2.45, 2.75) is 58.2 Å². The molecule has 1 atom stereocenters. The van der Waals surface area contributed by atoms with Gasteiger partial charge in [0.1, 0.15) is 5.82 Å². The molecule has 214 valence electrons. The molecule has 0 aliphatic carbocycles. The lowest BCUT2D eigenvalue weighted by atomic mass is 9.92. The zero-order chi connectivity index (χ0) is 28.9. The van der Waals surface area contributed by atoms with Crippen molar-refractivity contribution >= 4 is 45.3 Å². The summed E-state index contributed by atoms with van der Waals surface area (Å²) < 4.78 is 14.3. The van der Waals surface area contributed by atoms with Gasteiger partial charge < -0.3 is 10.6 Å². The van der Waals surface area contributed by atoms with E-state index in [0.717, 1.165) is 40.0 Å². The number of nitrogens with zero attached hydrogens (tertiary/aromatic N) is 3. The Morgan fingerprint density at radius 1 is 1.30 bits per heavy atom. The second-order valence-electron chi connectivity index (χ2n) is 10.8. The summed E-state index contributed by atoms with van der Waals surface area (Å²) in [5.41, 5.74) is 2.64. The second-order valence-corrected chi connectivity index (χ2v) is 12.8. The summed E-state index contributed by atoms with van der Waals surface area (Å²) in [4.78, 5) is 36.7. The molecule has 11 heteroatoms.